The lowest BCUT2D eigenvalue weighted by molar-refractivity contribution is -0.131. The number of aliphatic carboxylic acids is 1. The van der Waals surface area contributed by atoms with Gasteiger partial charge in [0, 0.05) is 6.08 Å². The Labute approximate surface area is 255 Å². The molecule has 0 aliphatic rings. The number of carboxylic acid groups (broad SMARTS) is 1. The summed E-state index contributed by atoms with van der Waals surface area (Å²) in [5.41, 5.74) is 6.12. The second-order valence-electron chi connectivity index (χ2n) is 13.8. The van der Waals surface area contributed by atoms with Crippen LogP contribution in [0.25, 0.3) is 49.2 Å². The first-order valence-electron chi connectivity index (χ1n) is 15.0. The van der Waals surface area contributed by atoms with Gasteiger partial charge in [-0.2, -0.15) is 0 Å². The van der Waals surface area contributed by atoms with Crippen molar-refractivity contribution in [1.82, 2.24) is 0 Å². The Morgan fingerprint density at radius 3 is 1.74 bits per heavy atom. The largest absolute Gasteiger partial charge is 0.478 e. The fraction of sp³-hybridized carbons (Fsp3) is 0.244. The van der Waals surface area contributed by atoms with E-state index in [0.717, 1.165) is 17.2 Å². The van der Waals surface area contributed by atoms with Crippen LogP contribution in [0, 0.1) is 0 Å². The Bertz CT molecular complexity index is 1940. The summed E-state index contributed by atoms with van der Waals surface area (Å²) in [7, 11) is 0. The highest BCUT2D eigenvalue weighted by Crippen LogP contribution is 2.44. The Hall–Kier alpha value is -4.43. The minimum absolute atomic E-state index is 0.0448. The number of hydrogen-bond donors (Lipinski definition) is 1. The first kappa shape index (κ1) is 30.0. The van der Waals surface area contributed by atoms with Crippen LogP contribution in [-0.2, 0) is 15.6 Å². The maximum absolute atomic E-state index is 10.7. The van der Waals surface area contributed by atoms with E-state index >= 15 is 0 Å². The maximum Gasteiger partial charge on any atom is 0.328 e. The molecular weight excluding hydrogens is 524 g/mol. The van der Waals surface area contributed by atoms with E-state index in [4.69, 9.17) is 5.11 Å². The Morgan fingerprint density at radius 1 is 0.628 bits per heavy atom. The maximum atomic E-state index is 10.7. The Morgan fingerprint density at radius 2 is 1.16 bits per heavy atom. The monoisotopic (exact) mass is 566 g/mol. The number of carbonyl (C=O) groups is 1. The van der Waals surface area contributed by atoms with Crippen molar-refractivity contribution in [3.05, 3.63) is 125 Å². The van der Waals surface area contributed by atoms with E-state index in [-0.39, 0.29) is 10.8 Å². The summed E-state index contributed by atoms with van der Waals surface area (Å²) in [6.07, 6.45) is 14.9. The van der Waals surface area contributed by atoms with Crippen LogP contribution in [0.3, 0.4) is 0 Å². The summed E-state index contributed by atoms with van der Waals surface area (Å²) in [6, 6.07) is 21.0. The van der Waals surface area contributed by atoms with E-state index in [2.05, 4.69) is 121 Å². The number of benzene rings is 5. The van der Waals surface area contributed by atoms with E-state index in [9.17, 15) is 4.79 Å². The van der Waals surface area contributed by atoms with Crippen LogP contribution in [0.5, 0.6) is 0 Å². The number of allylic oxidation sites excluding steroid dienone is 8. The average molecular weight is 567 g/mol. The van der Waals surface area contributed by atoms with Crippen molar-refractivity contribution in [2.24, 2.45) is 0 Å². The standard InChI is InChI=1S/C41H42O2/c1-26(14-10-17-37(42)43)12-9-13-27(2)18-19-28-20-21-34-36-25-31(41(6,7)8)23-29-22-30(40(3,4)5)24-35(38(29)36)33-16-11-15-32(28)39(33)34/h9-25H,1-8H3,(H,42,43)/b12-9+,17-10+,19-18+,26-14+,27-13+. The lowest BCUT2D eigenvalue weighted by Crippen LogP contribution is -2.12. The van der Waals surface area contributed by atoms with Crippen molar-refractivity contribution in [1.29, 1.82) is 0 Å². The summed E-state index contributed by atoms with van der Waals surface area (Å²) in [6.45, 7) is 17.8. The molecule has 5 aromatic carbocycles. The van der Waals surface area contributed by atoms with Gasteiger partial charge in [0.1, 0.15) is 0 Å². The third-order valence-electron chi connectivity index (χ3n) is 8.28. The van der Waals surface area contributed by atoms with Gasteiger partial charge < -0.3 is 5.11 Å². The van der Waals surface area contributed by atoms with Gasteiger partial charge in [0.15, 0.2) is 0 Å². The smallest absolute Gasteiger partial charge is 0.328 e. The topological polar surface area (TPSA) is 37.3 Å². The molecule has 0 aromatic heterocycles. The van der Waals surface area contributed by atoms with Crippen molar-refractivity contribution < 1.29 is 9.90 Å². The lowest BCUT2D eigenvalue weighted by atomic mass is 9.79. The van der Waals surface area contributed by atoms with Crippen LogP contribution in [0.4, 0.5) is 0 Å². The minimum atomic E-state index is -0.946. The van der Waals surface area contributed by atoms with Gasteiger partial charge in [-0.3, -0.25) is 0 Å². The molecule has 0 radical (unpaired) electrons. The van der Waals surface area contributed by atoms with E-state index in [1.165, 1.54) is 59.8 Å². The first-order chi connectivity index (χ1) is 20.2. The summed E-state index contributed by atoms with van der Waals surface area (Å²) in [5.74, 6) is -0.946. The van der Waals surface area contributed by atoms with E-state index in [1.54, 1.807) is 12.2 Å². The van der Waals surface area contributed by atoms with Gasteiger partial charge in [0.05, 0.1) is 0 Å². The molecule has 0 amide bonds. The molecule has 0 unspecified atom stereocenters. The van der Waals surface area contributed by atoms with Gasteiger partial charge in [0.25, 0.3) is 0 Å². The molecule has 0 aliphatic heterocycles. The zero-order valence-electron chi connectivity index (χ0n) is 26.7. The molecule has 2 nitrogen and oxygen atoms in total. The molecule has 0 spiro atoms. The third kappa shape index (κ3) is 6.20. The zero-order chi connectivity index (χ0) is 31.1. The molecule has 218 valence electrons. The van der Waals surface area contributed by atoms with E-state index in [0.29, 0.717) is 0 Å². The van der Waals surface area contributed by atoms with Crippen LogP contribution < -0.4 is 0 Å². The SMILES string of the molecule is CC(/C=C/C=C(C)/C=C/c1ccc2c3cc(C(C)(C)C)cc4cc(C(C)(C)C)cc(c5cccc1c52)c43)=C\C=C\C(=O)O. The molecule has 2 heteroatoms. The van der Waals surface area contributed by atoms with Crippen molar-refractivity contribution in [3.8, 4) is 0 Å². The molecular formula is C41H42O2. The van der Waals surface area contributed by atoms with Crippen molar-refractivity contribution in [2.45, 2.75) is 66.2 Å². The second-order valence-corrected chi connectivity index (χ2v) is 13.8. The number of carboxylic acids is 1. The molecule has 0 aliphatic carbocycles. The van der Waals surface area contributed by atoms with Crippen molar-refractivity contribution in [2.75, 3.05) is 0 Å². The molecule has 5 aromatic rings. The van der Waals surface area contributed by atoms with Gasteiger partial charge in [0.2, 0.25) is 0 Å². The molecule has 0 atom stereocenters. The summed E-state index contributed by atoms with van der Waals surface area (Å²) in [4.78, 5) is 10.7. The summed E-state index contributed by atoms with van der Waals surface area (Å²) < 4.78 is 0. The molecule has 43 heavy (non-hydrogen) atoms. The highest BCUT2D eigenvalue weighted by molar-refractivity contribution is 6.33. The molecule has 5 rings (SSSR count). The van der Waals surface area contributed by atoms with Crippen LogP contribution in [-0.4, -0.2) is 11.1 Å². The van der Waals surface area contributed by atoms with Gasteiger partial charge in [-0.05, 0) is 96.6 Å². The molecule has 0 saturated carbocycles. The van der Waals surface area contributed by atoms with Gasteiger partial charge in [-0.1, -0.05) is 138 Å². The van der Waals surface area contributed by atoms with E-state index in [1.807, 2.05) is 19.1 Å². The van der Waals surface area contributed by atoms with Gasteiger partial charge in [-0.25, -0.2) is 4.79 Å². The van der Waals surface area contributed by atoms with Crippen molar-refractivity contribution >= 4 is 55.1 Å². The Balaban J connectivity index is 1.66. The lowest BCUT2D eigenvalue weighted by Gasteiger charge is -2.25. The van der Waals surface area contributed by atoms with E-state index < -0.39 is 5.97 Å². The molecule has 0 saturated heterocycles. The normalized spacial score (nSPS) is 14.2. The summed E-state index contributed by atoms with van der Waals surface area (Å²) >= 11 is 0. The Kier molecular flexibility index (Phi) is 7.92. The van der Waals surface area contributed by atoms with Gasteiger partial charge >= 0.3 is 5.97 Å². The quantitative estimate of drug-likeness (QED) is 0.0960. The van der Waals surface area contributed by atoms with Crippen LogP contribution >= 0.6 is 0 Å². The summed E-state index contributed by atoms with van der Waals surface area (Å²) in [5, 5.41) is 19.3. The number of rotatable bonds is 6. The zero-order valence-corrected chi connectivity index (χ0v) is 26.7. The number of hydrogen-bond acceptors (Lipinski definition) is 1. The second kappa shape index (κ2) is 11.3. The van der Waals surface area contributed by atoms with Crippen molar-refractivity contribution in [3.63, 3.8) is 0 Å². The highest BCUT2D eigenvalue weighted by atomic mass is 16.4. The predicted octanol–water partition coefficient (Wildman–Crippen LogP) is 11.4. The fourth-order valence-electron chi connectivity index (χ4n) is 5.80. The van der Waals surface area contributed by atoms with Crippen LogP contribution in [0.15, 0.2) is 108 Å². The predicted molar refractivity (Wildman–Crippen MR) is 188 cm³/mol. The fourth-order valence-corrected chi connectivity index (χ4v) is 5.80. The third-order valence-corrected chi connectivity index (χ3v) is 8.28. The number of fused-ring (bicyclic) bond motifs is 2. The van der Waals surface area contributed by atoms with Crippen LogP contribution in [0.2, 0.25) is 0 Å². The molecule has 1 N–H and O–H groups in total. The molecule has 0 fully saturated rings. The van der Waals surface area contributed by atoms with Crippen LogP contribution in [0.1, 0.15) is 72.1 Å². The minimum Gasteiger partial charge on any atom is -0.478 e. The van der Waals surface area contributed by atoms with Gasteiger partial charge in [-0.15, -0.1) is 0 Å². The highest BCUT2D eigenvalue weighted by Gasteiger charge is 2.22. The molecule has 0 bridgehead atoms. The molecule has 0 heterocycles. The first-order valence-corrected chi connectivity index (χ1v) is 15.0. The average Bonchev–Trinajstić information content (AvgIpc) is 2.93.